The van der Waals surface area contributed by atoms with Crippen LogP contribution in [0.5, 0.6) is 11.5 Å². The number of hydrogen-bond acceptors (Lipinski definition) is 2. The van der Waals surface area contributed by atoms with Gasteiger partial charge in [0.05, 0.1) is 14.2 Å². The summed E-state index contributed by atoms with van der Waals surface area (Å²) in [5.41, 5.74) is 6.84. The number of rotatable bonds is 5. The maximum absolute atomic E-state index is 14.4. The zero-order valence-electron chi connectivity index (χ0n) is 17.0. The molecule has 0 N–H and O–H groups in total. The molecule has 0 aromatic heterocycles. The van der Waals surface area contributed by atoms with E-state index in [1.54, 1.807) is 20.3 Å². The second-order valence-corrected chi connectivity index (χ2v) is 7.48. The van der Waals surface area contributed by atoms with E-state index in [1.165, 1.54) is 28.3 Å². The Bertz CT molecular complexity index is 1050. The molecular weight excluding hydrogens is 363 g/mol. The first kappa shape index (κ1) is 19.3. The number of hydrogen-bond donors (Lipinski definition) is 0. The summed E-state index contributed by atoms with van der Waals surface area (Å²) in [6.07, 6.45) is 1.48. The Morgan fingerprint density at radius 1 is 0.897 bits per heavy atom. The van der Waals surface area contributed by atoms with Gasteiger partial charge >= 0.3 is 0 Å². The summed E-state index contributed by atoms with van der Waals surface area (Å²) in [7, 11) is 3.36. The molecule has 0 aliphatic heterocycles. The van der Waals surface area contributed by atoms with E-state index >= 15 is 0 Å². The Morgan fingerprint density at radius 3 is 2.28 bits per heavy atom. The Kier molecular flexibility index (Phi) is 5.39. The molecule has 2 nitrogen and oxygen atoms in total. The number of benzene rings is 3. The molecule has 0 heterocycles. The predicted octanol–water partition coefficient (Wildman–Crippen LogP) is 6.20. The van der Waals surface area contributed by atoms with Gasteiger partial charge in [-0.3, -0.25) is 0 Å². The number of ether oxygens (including phenoxy) is 2. The summed E-state index contributed by atoms with van der Waals surface area (Å²) in [6.45, 7) is 2.17. The molecule has 0 radical (unpaired) electrons. The molecule has 148 valence electrons. The molecular formula is C26H25FO2. The fraction of sp³-hybridized carbons (Fsp3) is 0.231. The van der Waals surface area contributed by atoms with Crippen LogP contribution in [0, 0.1) is 5.82 Å². The number of allylic oxidation sites excluding steroid dienone is 2. The fourth-order valence-corrected chi connectivity index (χ4v) is 4.21. The van der Waals surface area contributed by atoms with Gasteiger partial charge in [-0.05, 0) is 71.5 Å². The van der Waals surface area contributed by atoms with Gasteiger partial charge < -0.3 is 9.47 Å². The Hall–Kier alpha value is -3.07. The summed E-state index contributed by atoms with van der Waals surface area (Å²) in [6, 6.07) is 21.5. The van der Waals surface area contributed by atoms with Crippen molar-refractivity contribution in [2.75, 3.05) is 14.2 Å². The minimum absolute atomic E-state index is 0.163. The summed E-state index contributed by atoms with van der Waals surface area (Å²) >= 11 is 0. The van der Waals surface area contributed by atoms with E-state index in [0.717, 1.165) is 23.5 Å². The van der Waals surface area contributed by atoms with Gasteiger partial charge in [0.2, 0.25) is 0 Å². The van der Waals surface area contributed by atoms with Crippen LogP contribution in [0.2, 0.25) is 0 Å². The molecule has 0 fully saturated rings. The first-order chi connectivity index (χ1) is 14.1. The minimum Gasteiger partial charge on any atom is -0.497 e. The van der Waals surface area contributed by atoms with Gasteiger partial charge in [-0.1, -0.05) is 42.0 Å². The van der Waals surface area contributed by atoms with Gasteiger partial charge in [0.25, 0.3) is 0 Å². The van der Waals surface area contributed by atoms with Gasteiger partial charge in [0, 0.05) is 12.3 Å². The lowest BCUT2D eigenvalue weighted by Crippen LogP contribution is -2.15. The molecule has 3 aromatic carbocycles. The van der Waals surface area contributed by atoms with E-state index in [-0.39, 0.29) is 11.7 Å². The molecule has 3 heteroatoms. The lowest BCUT2D eigenvalue weighted by molar-refractivity contribution is 0.414. The highest BCUT2D eigenvalue weighted by molar-refractivity contribution is 5.77. The highest BCUT2D eigenvalue weighted by Crippen LogP contribution is 2.43. The number of methoxy groups -OCH3 is 2. The van der Waals surface area contributed by atoms with Crippen molar-refractivity contribution in [2.45, 2.75) is 25.7 Å². The van der Waals surface area contributed by atoms with Crippen molar-refractivity contribution in [3.05, 3.63) is 100 Å². The summed E-state index contributed by atoms with van der Waals surface area (Å²) in [4.78, 5) is 0. The van der Waals surface area contributed by atoms with E-state index in [0.29, 0.717) is 12.0 Å². The molecule has 0 spiro atoms. The van der Waals surface area contributed by atoms with Gasteiger partial charge in [-0.2, -0.15) is 0 Å². The van der Waals surface area contributed by atoms with Gasteiger partial charge in [0.15, 0.2) is 0 Å². The molecule has 29 heavy (non-hydrogen) atoms. The summed E-state index contributed by atoms with van der Waals surface area (Å²) in [5, 5.41) is 0. The Morgan fingerprint density at radius 2 is 1.59 bits per heavy atom. The molecule has 1 aliphatic carbocycles. The predicted molar refractivity (Wildman–Crippen MR) is 115 cm³/mol. The smallest absolute Gasteiger partial charge is 0.126 e. The summed E-state index contributed by atoms with van der Waals surface area (Å²) < 4.78 is 25.2. The SMILES string of the molecule is COc1ccc(C2Cc3ccc(OC)cc3C(Cc3ccccc3F)=C2C)cc1. The van der Waals surface area contributed by atoms with Crippen molar-refractivity contribution in [3.8, 4) is 11.5 Å². The average molecular weight is 388 g/mol. The van der Waals surface area contributed by atoms with E-state index < -0.39 is 0 Å². The second-order valence-electron chi connectivity index (χ2n) is 7.48. The highest BCUT2D eigenvalue weighted by Gasteiger charge is 2.27. The maximum Gasteiger partial charge on any atom is 0.126 e. The topological polar surface area (TPSA) is 18.5 Å². The van der Waals surface area contributed by atoms with Crippen LogP contribution in [0.15, 0.2) is 72.3 Å². The third-order valence-electron chi connectivity index (χ3n) is 5.91. The monoisotopic (exact) mass is 388 g/mol. The van der Waals surface area contributed by atoms with Crippen LogP contribution in [0.4, 0.5) is 4.39 Å². The van der Waals surface area contributed by atoms with E-state index in [1.807, 2.05) is 30.3 Å². The third kappa shape index (κ3) is 3.77. The van der Waals surface area contributed by atoms with Crippen molar-refractivity contribution in [3.63, 3.8) is 0 Å². The molecule has 1 aliphatic rings. The van der Waals surface area contributed by atoms with Crippen molar-refractivity contribution in [2.24, 2.45) is 0 Å². The Balaban J connectivity index is 1.82. The van der Waals surface area contributed by atoms with Crippen LogP contribution in [0.25, 0.3) is 5.57 Å². The zero-order chi connectivity index (χ0) is 20.4. The van der Waals surface area contributed by atoms with Crippen molar-refractivity contribution in [1.29, 1.82) is 0 Å². The van der Waals surface area contributed by atoms with E-state index in [4.69, 9.17) is 9.47 Å². The number of halogens is 1. The molecule has 0 amide bonds. The molecule has 0 saturated carbocycles. The zero-order valence-corrected chi connectivity index (χ0v) is 17.0. The fourth-order valence-electron chi connectivity index (χ4n) is 4.21. The average Bonchev–Trinajstić information content (AvgIpc) is 2.76. The minimum atomic E-state index is -0.163. The van der Waals surface area contributed by atoms with Crippen LogP contribution in [-0.4, -0.2) is 14.2 Å². The quantitative estimate of drug-likeness (QED) is 0.518. The third-order valence-corrected chi connectivity index (χ3v) is 5.91. The normalized spacial score (nSPS) is 15.8. The maximum atomic E-state index is 14.4. The van der Waals surface area contributed by atoms with Crippen LogP contribution in [-0.2, 0) is 12.8 Å². The standard InChI is InChI=1S/C26H25FO2/c1-17-23(18-8-11-21(28-2)12-9-18)14-19-10-13-22(29-3)16-25(19)24(17)15-20-6-4-5-7-26(20)27/h4-13,16,23H,14-15H2,1-3H3. The van der Waals surface area contributed by atoms with Gasteiger partial charge in [0.1, 0.15) is 17.3 Å². The lowest BCUT2D eigenvalue weighted by Gasteiger charge is -2.30. The van der Waals surface area contributed by atoms with Crippen LogP contribution >= 0.6 is 0 Å². The largest absolute Gasteiger partial charge is 0.497 e. The van der Waals surface area contributed by atoms with Crippen LogP contribution < -0.4 is 9.47 Å². The second kappa shape index (κ2) is 8.12. The van der Waals surface area contributed by atoms with Gasteiger partial charge in [-0.15, -0.1) is 0 Å². The highest BCUT2D eigenvalue weighted by atomic mass is 19.1. The van der Waals surface area contributed by atoms with Crippen molar-refractivity contribution >= 4 is 5.57 Å². The van der Waals surface area contributed by atoms with Crippen LogP contribution in [0.1, 0.15) is 35.1 Å². The first-order valence-electron chi connectivity index (χ1n) is 9.85. The first-order valence-corrected chi connectivity index (χ1v) is 9.85. The Labute approximate surface area is 171 Å². The van der Waals surface area contributed by atoms with Crippen LogP contribution in [0.3, 0.4) is 0 Å². The molecule has 1 unspecified atom stereocenters. The molecule has 0 saturated heterocycles. The summed E-state index contributed by atoms with van der Waals surface area (Å²) in [5.74, 6) is 1.76. The molecule has 1 atom stereocenters. The van der Waals surface area contributed by atoms with Crippen molar-refractivity contribution < 1.29 is 13.9 Å². The molecule has 0 bridgehead atoms. The van der Waals surface area contributed by atoms with Crippen molar-refractivity contribution in [1.82, 2.24) is 0 Å². The number of fused-ring (bicyclic) bond motifs is 1. The van der Waals surface area contributed by atoms with E-state index in [9.17, 15) is 4.39 Å². The van der Waals surface area contributed by atoms with E-state index in [2.05, 4.69) is 31.2 Å². The molecule has 3 aromatic rings. The molecule has 4 rings (SSSR count). The van der Waals surface area contributed by atoms with Gasteiger partial charge in [-0.25, -0.2) is 4.39 Å². The lowest BCUT2D eigenvalue weighted by atomic mass is 9.74.